The van der Waals surface area contributed by atoms with Crippen LogP contribution in [0, 0.1) is 3.57 Å². The van der Waals surface area contributed by atoms with Crippen molar-refractivity contribution in [2.45, 2.75) is 32.4 Å². The van der Waals surface area contributed by atoms with Crippen LogP contribution in [0.4, 0.5) is 0 Å². The summed E-state index contributed by atoms with van der Waals surface area (Å²) in [5.41, 5.74) is 1.44. The van der Waals surface area contributed by atoms with Crippen LogP contribution >= 0.6 is 22.6 Å². The SMILES string of the molecule is CCCN(C1CNC1)C(C)c1ccc(I)cc1. The van der Waals surface area contributed by atoms with Crippen molar-refractivity contribution in [1.82, 2.24) is 10.2 Å². The molecule has 1 fully saturated rings. The molecule has 0 aliphatic carbocycles. The summed E-state index contributed by atoms with van der Waals surface area (Å²) in [6, 6.07) is 10.2. The first-order valence-electron chi connectivity index (χ1n) is 6.44. The van der Waals surface area contributed by atoms with E-state index in [1.165, 1.54) is 22.1 Å². The molecule has 0 saturated carbocycles. The molecule has 1 atom stereocenters. The maximum absolute atomic E-state index is 3.37. The quantitative estimate of drug-likeness (QED) is 0.826. The van der Waals surface area contributed by atoms with Crippen molar-refractivity contribution in [3.8, 4) is 0 Å². The predicted octanol–water partition coefficient (Wildman–Crippen LogP) is 3.04. The predicted molar refractivity (Wildman–Crippen MR) is 81.2 cm³/mol. The lowest BCUT2D eigenvalue weighted by molar-refractivity contribution is 0.103. The Kier molecular flexibility index (Phi) is 4.82. The van der Waals surface area contributed by atoms with E-state index >= 15 is 0 Å². The molecule has 3 heteroatoms. The number of nitrogens with zero attached hydrogens (tertiary/aromatic N) is 1. The number of nitrogens with one attached hydrogen (secondary N) is 1. The number of rotatable bonds is 5. The van der Waals surface area contributed by atoms with E-state index in [9.17, 15) is 0 Å². The van der Waals surface area contributed by atoms with Crippen LogP contribution < -0.4 is 5.32 Å². The monoisotopic (exact) mass is 344 g/mol. The Labute approximate surface area is 118 Å². The smallest absolute Gasteiger partial charge is 0.0351 e. The average molecular weight is 344 g/mol. The Balaban J connectivity index is 2.09. The van der Waals surface area contributed by atoms with Crippen molar-refractivity contribution in [1.29, 1.82) is 0 Å². The minimum atomic E-state index is 0.527. The molecule has 1 aliphatic heterocycles. The molecule has 2 rings (SSSR count). The molecule has 1 N–H and O–H groups in total. The van der Waals surface area contributed by atoms with E-state index in [0.717, 1.165) is 19.1 Å². The fourth-order valence-electron chi connectivity index (χ4n) is 2.39. The molecule has 0 bridgehead atoms. The van der Waals surface area contributed by atoms with Gasteiger partial charge in [-0.25, -0.2) is 0 Å². The lowest BCUT2D eigenvalue weighted by atomic mass is 10.0. The summed E-state index contributed by atoms with van der Waals surface area (Å²) < 4.78 is 1.31. The largest absolute Gasteiger partial charge is 0.314 e. The second-order valence-electron chi connectivity index (χ2n) is 4.78. The lowest BCUT2D eigenvalue weighted by Gasteiger charge is -2.42. The second-order valence-corrected chi connectivity index (χ2v) is 6.02. The van der Waals surface area contributed by atoms with Gasteiger partial charge in [-0.05, 0) is 60.2 Å². The minimum absolute atomic E-state index is 0.527. The summed E-state index contributed by atoms with van der Waals surface area (Å²) in [5.74, 6) is 0. The zero-order chi connectivity index (χ0) is 12.3. The molecular formula is C14H21IN2. The van der Waals surface area contributed by atoms with E-state index in [4.69, 9.17) is 0 Å². The molecule has 1 heterocycles. The van der Waals surface area contributed by atoms with Crippen LogP contribution in [0.1, 0.15) is 31.9 Å². The van der Waals surface area contributed by atoms with Gasteiger partial charge in [-0.2, -0.15) is 0 Å². The van der Waals surface area contributed by atoms with Crippen LogP contribution in [0.25, 0.3) is 0 Å². The van der Waals surface area contributed by atoms with E-state index in [1.54, 1.807) is 0 Å². The first-order valence-corrected chi connectivity index (χ1v) is 7.52. The van der Waals surface area contributed by atoms with Crippen LogP contribution in [0.2, 0.25) is 0 Å². The Morgan fingerprint density at radius 2 is 2.00 bits per heavy atom. The van der Waals surface area contributed by atoms with Crippen molar-refractivity contribution >= 4 is 22.6 Å². The van der Waals surface area contributed by atoms with Gasteiger partial charge >= 0.3 is 0 Å². The highest BCUT2D eigenvalue weighted by Gasteiger charge is 2.28. The minimum Gasteiger partial charge on any atom is -0.314 e. The van der Waals surface area contributed by atoms with Gasteiger partial charge in [0.1, 0.15) is 0 Å². The zero-order valence-corrected chi connectivity index (χ0v) is 12.8. The molecule has 1 aromatic rings. The number of hydrogen-bond acceptors (Lipinski definition) is 2. The molecule has 1 unspecified atom stereocenters. The molecule has 1 saturated heterocycles. The van der Waals surface area contributed by atoms with E-state index < -0.39 is 0 Å². The van der Waals surface area contributed by atoms with Crippen molar-refractivity contribution in [3.05, 3.63) is 33.4 Å². The molecule has 0 amide bonds. The Bertz CT molecular complexity index is 346. The highest BCUT2D eigenvalue weighted by molar-refractivity contribution is 14.1. The number of halogens is 1. The summed E-state index contributed by atoms with van der Waals surface area (Å²) in [5, 5.41) is 3.37. The van der Waals surface area contributed by atoms with E-state index in [0.29, 0.717) is 6.04 Å². The van der Waals surface area contributed by atoms with Gasteiger partial charge in [-0.15, -0.1) is 0 Å². The van der Waals surface area contributed by atoms with Crippen molar-refractivity contribution in [3.63, 3.8) is 0 Å². The summed E-state index contributed by atoms with van der Waals surface area (Å²) in [6.45, 7) is 8.08. The highest BCUT2D eigenvalue weighted by Crippen LogP contribution is 2.24. The molecule has 0 aromatic heterocycles. The van der Waals surface area contributed by atoms with E-state index in [-0.39, 0.29) is 0 Å². The number of benzene rings is 1. The molecular weight excluding hydrogens is 323 g/mol. The maximum Gasteiger partial charge on any atom is 0.0351 e. The van der Waals surface area contributed by atoms with Crippen LogP contribution in [-0.4, -0.2) is 30.6 Å². The highest BCUT2D eigenvalue weighted by atomic mass is 127. The molecule has 0 spiro atoms. The Morgan fingerprint density at radius 3 is 2.47 bits per heavy atom. The van der Waals surface area contributed by atoms with Crippen molar-refractivity contribution in [2.24, 2.45) is 0 Å². The van der Waals surface area contributed by atoms with Gasteiger partial charge in [0.05, 0.1) is 0 Å². The average Bonchev–Trinajstić information content (AvgIpc) is 2.26. The van der Waals surface area contributed by atoms with Crippen molar-refractivity contribution in [2.75, 3.05) is 19.6 Å². The summed E-state index contributed by atoms with van der Waals surface area (Å²) in [6.07, 6.45) is 1.23. The molecule has 1 aliphatic rings. The van der Waals surface area contributed by atoms with Gasteiger partial charge in [-0.3, -0.25) is 4.90 Å². The summed E-state index contributed by atoms with van der Waals surface area (Å²) in [7, 11) is 0. The fourth-order valence-corrected chi connectivity index (χ4v) is 2.75. The normalized spacial score (nSPS) is 18.1. The third kappa shape index (κ3) is 3.20. The van der Waals surface area contributed by atoms with Crippen molar-refractivity contribution < 1.29 is 0 Å². The van der Waals surface area contributed by atoms with E-state index in [2.05, 4.69) is 70.9 Å². The van der Waals surface area contributed by atoms with Crippen LogP contribution in [0.5, 0.6) is 0 Å². The van der Waals surface area contributed by atoms with Gasteiger partial charge in [0.25, 0.3) is 0 Å². The first-order chi connectivity index (χ1) is 8.22. The molecule has 94 valence electrons. The topological polar surface area (TPSA) is 15.3 Å². The lowest BCUT2D eigenvalue weighted by Crippen LogP contribution is -2.57. The van der Waals surface area contributed by atoms with Gasteiger partial charge in [0, 0.05) is 28.7 Å². The number of hydrogen-bond donors (Lipinski definition) is 1. The second kappa shape index (κ2) is 6.16. The van der Waals surface area contributed by atoms with Crippen LogP contribution in [0.3, 0.4) is 0 Å². The standard InChI is InChI=1S/C14H21IN2/c1-3-8-17(14-9-16-10-14)11(2)12-4-6-13(15)7-5-12/h4-7,11,14,16H,3,8-10H2,1-2H3. The van der Waals surface area contributed by atoms with Gasteiger partial charge in [-0.1, -0.05) is 19.1 Å². The van der Waals surface area contributed by atoms with E-state index in [1.807, 2.05) is 0 Å². The van der Waals surface area contributed by atoms with Crippen LogP contribution in [-0.2, 0) is 0 Å². The third-order valence-electron chi connectivity index (χ3n) is 3.56. The maximum atomic E-state index is 3.37. The molecule has 1 aromatic carbocycles. The first kappa shape index (κ1) is 13.3. The van der Waals surface area contributed by atoms with Gasteiger partial charge < -0.3 is 5.32 Å². The Morgan fingerprint density at radius 1 is 1.35 bits per heavy atom. The van der Waals surface area contributed by atoms with Gasteiger partial charge in [0.15, 0.2) is 0 Å². The third-order valence-corrected chi connectivity index (χ3v) is 4.28. The van der Waals surface area contributed by atoms with Gasteiger partial charge in [0.2, 0.25) is 0 Å². The molecule has 0 radical (unpaired) electrons. The zero-order valence-electron chi connectivity index (χ0n) is 10.6. The molecule has 2 nitrogen and oxygen atoms in total. The summed E-state index contributed by atoms with van der Waals surface area (Å²) in [4.78, 5) is 2.64. The van der Waals surface area contributed by atoms with Crippen LogP contribution in [0.15, 0.2) is 24.3 Å². The summed E-state index contributed by atoms with van der Waals surface area (Å²) >= 11 is 2.36. The molecule has 17 heavy (non-hydrogen) atoms. The fraction of sp³-hybridized carbons (Fsp3) is 0.571. The Hall–Kier alpha value is -0.130.